The molecule has 1 rings (SSSR count). The van der Waals surface area contributed by atoms with Crippen molar-refractivity contribution < 1.29 is 4.74 Å². The van der Waals surface area contributed by atoms with Crippen molar-refractivity contribution in [2.45, 2.75) is 33.1 Å². The molecule has 0 saturated heterocycles. The van der Waals surface area contributed by atoms with Gasteiger partial charge in [0.2, 0.25) is 0 Å². The molecule has 0 radical (unpaired) electrons. The number of aliphatic imine (C=N–C) groups is 1. The highest BCUT2D eigenvalue weighted by Crippen LogP contribution is 2.24. The molecule has 0 fully saturated rings. The number of benzene rings is 1. The molecule has 0 heterocycles. The van der Waals surface area contributed by atoms with E-state index in [0.29, 0.717) is 6.61 Å². The molecule has 0 unspecified atom stereocenters. The highest BCUT2D eigenvalue weighted by atomic mass is 16.5. The van der Waals surface area contributed by atoms with Crippen LogP contribution < -0.4 is 10.6 Å². The average molecular weight is 291 g/mol. The summed E-state index contributed by atoms with van der Waals surface area (Å²) in [6.07, 6.45) is 0. The van der Waals surface area contributed by atoms with Crippen LogP contribution in [0, 0.1) is 6.92 Å². The molecule has 2 N–H and O–H groups in total. The molecule has 0 bridgehead atoms. The zero-order valence-corrected chi connectivity index (χ0v) is 14.0. The second-order valence-electron chi connectivity index (χ2n) is 5.87. The van der Waals surface area contributed by atoms with Gasteiger partial charge in [-0.25, -0.2) is 0 Å². The first-order valence-electron chi connectivity index (χ1n) is 7.58. The fraction of sp³-hybridized carbons (Fsp3) is 0.588. The topological polar surface area (TPSA) is 45.7 Å². The first-order chi connectivity index (χ1) is 9.99. The van der Waals surface area contributed by atoms with E-state index in [1.807, 2.05) is 0 Å². The van der Waals surface area contributed by atoms with Crippen LogP contribution in [0.1, 0.15) is 31.9 Å². The van der Waals surface area contributed by atoms with Gasteiger partial charge in [0, 0.05) is 25.6 Å². The Labute approximate surface area is 129 Å². The molecule has 4 heteroatoms. The molecule has 118 valence electrons. The van der Waals surface area contributed by atoms with Crippen LogP contribution in [0.3, 0.4) is 0 Å². The predicted octanol–water partition coefficient (Wildman–Crippen LogP) is 2.47. The van der Waals surface area contributed by atoms with Crippen LogP contribution in [-0.4, -0.2) is 39.3 Å². The summed E-state index contributed by atoms with van der Waals surface area (Å²) in [4.78, 5) is 4.70. The van der Waals surface area contributed by atoms with E-state index in [0.717, 1.165) is 25.6 Å². The fourth-order valence-corrected chi connectivity index (χ4v) is 2.05. The third-order valence-electron chi connectivity index (χ3n) is 3.37. The number of ether oxygens (including phenoxy) is 1. The Balaban J connectivity index is 2.72. The summed E-state index contributed by atoms with van der Waals surface area (Å²) in [5, 5.41) is 6.53. The number of nitrogens with zero attached hydrogens (tertiary/aromatic N) is 1. The van der Waals surface area contributed by atoms with E-state index in [1.54, 1.807) is 7.11 Å². The zero-order valence-electron chi connectivity index (χ0n) is 14.0. The maximum Gasteiger partial charge on any atom is 0.191 e. The SMILES string of the molecule is CCNC(=NCC(C)(C)c1cccc(C)c1)NCCOC. The van der Waals surface area contributed by atoms with E-state index >= 15 is 0 Å². The van der Waals surface area contributed by atoms with Gasteiger partial charge in [0.25, 0.3) is 0 Å². The first kappa shape index (κ1) is 17.5. The molecule has 0 aliphatic rings. The first-order valence-corrected chi connectivity index (χ1v) is 7.58. The Morgan fingerprint density at radius 3 is 2.67 bits per heavy atom. The minimum absolute atomic E-state index is 0.00955. The van der Waals surface area contributed by atoms with Crippen molar-refractivity contribution in [1.82, 2.24) is 10.6 Å². The minimum Gasteiger partial charge on any atom is -0.383 e. The molecule has 21 heavy (non-hydrogen) atoms. The van der Waals surface area contributed by atoms with E-state index in [1.165, 1.54) is 11.1 Å². The third kappa shape index (κ3) is 6.17. The van der Waals surface area contributed by atoms with Crippen molar-refractivity contribution in [3.63, 3.8) is 0 Å². The lowest BCUT2D eigenvalue weighted by Crippen LogP contribution is -2.40. The van der Waals surface area contributed by atoms with E-state index in [-0.39, 0.29) is 5.41 Å². The number of methoxy groups -OCH3 is 1. The van der Waals surface area contributed by atoms with Crippen molar-refractivity contribution in [2.75, 3.05) is 33.4 Å². The van der Waals surface area contributed by atoms with Crippen LogP contribution in [0.25, 0.3) is 0 Å². The molecule has 0 amide bonds. The average Bonchev–Trinajstić information content (AvgIpc) is 2.45. The number of aryl methyl sites for hydroxylation is 1. The van der Waals surface area contributed by atoms with Crippen molar-refractivity contribution in [3.05, 3.63) is 35.4 Å². The molecule has 0 aromatic heterocycles. The Morgan fingerprint density at radius 1 is 1.29 bits per heavy atom. The molecule has 1 aromatic carbocycles. The minimum atomic E-state index is 0.00955. The Morgan fingerprint density at radius 2 is 2.05 bits per heavy atom. The van der Waals surface area contributed by atoms with E-state index < -0.39 is 0 Å². The number of rotatable bonds is 7. The Hall–Kier alpha value is -1.55. The van der Waals surface area contributed by atoms with Crippen molar-refractivity contribution in [1.29, 1.82) is 0 Å². The van der Waals surface area contributed by atoms with E-state index in [4.69, 9.17) is 9.73 Å². The van der Waals surface area contributed by atoms with Gasteiger partial charge in [-0.2, -0.15) is 0 Å². The Kier molecular flexibility index (Phi) is 7.23. The van der Waals surface area contributed by atoms with Crippen LogP contribution in [0.2, 0.25) is 0 Å². The van der Waals surface area contributed by atoms with E-state index in [2.05, 4.69) is 62.6 Å². The highest BCUT2D eigenvalue weighted by molar-refractivity contribution is 5.79. The number of hydrogen-bond acceptors (Lipinski definition) is 2. The van der Waals surface area contributed by atoms with Gasteiger partial charge in [-0.05, 0) is 19.4 Å². The van der Waals surface area contributed by atoms with Gasteiger partial charge in [0.1, 0.15) is 0 Å². The highest BCUT2D eigenvalue weighted by Gasteiger charge is 2.20. The number of guanidine groups is 1. The quantitative estimate of drug-likeness (QED) is 0.461. The number of hydrogen-bond donors (Lipinski definition) is 2. The normalized spacial score (nSPS) is 12.3. The lowest BCUT2D eigenvalue weighted by Gasteiger charge is -2.24. The predicted molar refractivity (Wildman–Crippen MR) is 90.1 cm³/mol. The van der Waals surface area contributed by atoms with Gasteiger partial charge in [-0.1, -0.05) is 43.7 Å². The molecule has 0 spiro atoms. The summed E-state index contributed by atoms with van der Waals surface area (Å²) in [5.74, 6) is 0.843. The monoisotopic (exact) mass is 291 g/mol. The van der Waals surface area contributed by atoms with Gasteiger partial charge in [-0.3, -0.25) is 4.99 Å². The van der Waals surface area contributed by atoms with Crippen molar-refractivity contribution >= 4 is 5.96 Å². The van der Waals surface area contributed by atoms with Crippen LogP contribution in [0.5, 0.6) is 0 Å². The maximum atomic E-state index is 5.05. The molecule has 0 aliphatic heterocycles. The molecular formula is C17H29N3O. The lowest BCUT2D eigenvalue weighted by atomic mass is 9.84. The van der Waals surface area contributed by atoms with Crippen molar-refractivity contribution in [3.8, 4) is 0 Å². The largest absolute Gasteiger partial charge is 0.383 e. The zero-order chi connectivity index (χ0) is 15.7. The maximum absolute atomic E-state index is 5.05. The molecule has 0 atom stereocenters. The summed E-state index contributed by atoms with van der Waals surface area (Å²) in [7, 11) is 1.70. The molecule has 4 nitrogen and oxygen atoms in total. The lowest BCUT2D eigenvalue weighted by molar-refractivity contribution is 0.203. The molecule has 0 aliphatic carbocycles. The molecule has 0 saturated carbocycles. The second-order valence-corrected chi connectivity index (χ2v) is 5.87. The van der Waals surface area contributed by atoms with E-state index in [9.17, 15) is 0 Å². The van der Waals surface area contributed by atoms with Crippen LogP contribution in [0.4, 0.5) is 0 Å². The van der Waals surface area contributed by atoms with Gasteiger partial charge in [0.05, 0.1) is 13.2 Å². The fourth-order valence-electron chi connectivity index (χ4n) is 2.05. The Bertz CT molecular complexity index is 455. The van der Waals surface area contributed by atoms with Gasteiger partial charge in [0.15, 0.2) is 5.96 Å². The van der Waals surface area contributed by atoms with Gasteiger partial charge >= 0.3 is 0 Å². The van der Waals surface area contributed by atoms with Crippen LogP contribution >= 0.6 is 0 Å². The summed E-state index contributed by atoms with van der Waals surface area (Å²) >= 11 is 0. The van der Waals surface area contributed by atoms with Crippen LogP contribution in [0.15, 0.2) is 29.3 Å². The smallest absolute Gasteiger partial charge is 0.191 e. The summed E-state index contributed by atoms with van der Waals surface area (Å²) in [5.41, 5.74) is 2.61. The van der Waals surface area contributed by atoms with Crippen LogP contribution in [-0.2, 0) is 10.2 Å². The summed E-state index contributed by atoms with van der Waals surface area (Å²) in [6.45, 7) is 11.7. The van der Waals surface area contributed by atoms with Gasteiger partial charge in [-0.15, -0.1) is 0 Å². The van der Waals surface area contributed by atoms with Crippen molar-refractivity contribution in [2.24, 2.45) is 4.99 Å². The third-order valence-corrected chi connectivity index (χ3v) is 3.37. The van der Waals surface area contributed by atoms with Gasteiger partial charge < -0.3 is 15.4 Å². The molecular weight excluding hydrogens is 262 g/mol. The summed E-state index contributed by atoms with van der Waals surface area (Å²) in [6, 6.07) is 8.64. The summed E-state index contributed by atoms with van der Waals surface area (Å²) < 4.78 is 5.05. The molecule has 1 aromatic rings. The second kappa shape index (κ2) is 8.67. The standard InChI is InChI=1S/C17H29N3O/c1-6-18-16(19-10-11-21-5)20-13-17(3,4)15-9-7-8-14(2)12-15/h7-9,12H,6,10-11,13H2,1-5H3,(H2,18,19,20). The number of nitrogens with one attached hydrogen (secondary N) is 2.